The van der Waals surface area contributed by atoms with Gasteiger partial charge in [0.1, 0.15) is 6.54 Å². The van der Waals surface area contributed by atoms with Gasteiger partial charge in [-0.15, -0.1) is 5.10 Å². The van der Waals surface area contributed by atoms with Crippen molar-refractivity contribution < 1.29 is 4.79 Å². The van der Waals surface area contributed by atoms with Crippen LogP contribution in [0.2, 0.25) is 0 Å². The van der Waals surface area contributed by atoms with E-state index >= 15 is 0 Å². The molecule has 2 aromatic heterocycles. The van der Waals surface area contributed by atoms with Crippen LogP contribution in [0.1, 0.15) is 24.8 Å². The summed E-state index contributed by atoms with van der Waals surface area (Å²) in [6.45, 7) is 1.86. The van der Waals surface area contributed by atoms with Gasteiger partial charge in [0.15, 0.2) is 0 Å². The summed E-state index contributed by atoms with van der Waals surface area (Å²) < 4.78 is 0. The number of hydrazone groups is 1. The van der Waals surface area contributed by atoms with Crippen LogP contribution in [0.15, 0.2) is 29.6 Å². The zero-order valence-electron chi connectivity index (χ0n) is 12.7. The molecule has 3 heterocycles. The molecule has 23 heavy (non-hydrogen) atoms. The third kappa shape index (κ3) is 4.31. The van der Waals surface area contributed by atoms with Gasteiger partial charge in [-0.25, -0.2) is 5.43 Å². The van der Waals surface area contributed by atoms with Gasteiger partial charge in [0.05, 0.1) is 6.21 Å². The Morgan fingerprint density at radius 3 is 2.83 bits per heavy atom. The van der Waals surface area contributed by atoms with E-state index in [0.717, 1.165) is 31.5 Å². The number of piperidine rings is 1. The lowest BCUT2D eigenvalue weighted by Crippen LogP contribution is -2.30. The van der Waals surface area contributed by atoms with E-state index in [-0.39, 0.29) is 12.5 Å². The first-order valence-electron chi connectivity index (χ1n) is 7.56. The van der Waals surface area contributed by atoms with Crippen molar-refractivity contribution in [3.8, 4) is 0 Å². The van der Waals surface area contributed by atoms with Gasteiger partial charge in [0.25, 0.3) is 11.9 Å². The lowest BCUT2D eigenvalue weighted by atomic mass is 10.1. The maximum Gasteiger partial charge on any atom is 0.266 e. The van der Waals surface area contributed by atoms with Gasteiger partial charge in [-0.2, -0.15) is 9.90 Å². The van der Waals surface area contributed by atoms with Gasteiger partial charge in [-0.3, -0.25) is 9.78 Å². The summed E-state index contributed by atoms with van der Waals surface area (Å²) in [6, 6.07) is 3.58. The minimum Gasteiger partial charge on any atom is -0.338 e. The lowest BCUT2D eigenvalue weighted by molar-refractivity contribution is -0.122. The van der Waals surface area contributed by atoms with E-state index in [2.05, 4.69) is 35.8 Å². The molecule has 0 spiro atoms. The third-order valence-corrected chi connectivity index (χ3v) is 3.48. The molecule has 120 valence electrons. The molecule has 9 nitrogen and oxygen atoms in total. The second-order valence-electron chi connectivity index (χ2n) is 5.24. The highest BCUT2D eigenvalue weighted by Gasteiger charge is 2.16. The van der Waals surface area contributed by atoms with Crippen LogP contribution < -0.4 is 10.3 Å². The van der Waals surface area contributed by atoms with Crippen LogP contribution >= 0.6 is 0 Å². The summed E-state index contributed by atoms with van der Waals surface area (Å²) in [7, 11) is 0. The van der Waals surface area contributed by atoms with E-state index in [0.29, 0.717) is 5.95 Å². The first-order chi connectivity index (χ1) is 11.3. The van der Waals surface area contributed by atoms with E-state index in [1.165, 1.54) is 11.2 Å². The summed E-state index contributed by atoms with van der Waals surface area (Å²) in [5.41, 5.74) is 3.29. The highest BCUT2D eigenvalue weighted by Crippen LogP contribution is 2.13. The molecule has 0 radical (unpaired) electrons. The monoisotopic (exact) mass is 314 g/mol. The zero-order chi connectivity index (χ0) is 15.9. The van der Waals surface area contributed by atoms with Crippen LogP contribution in [0.5, 0.6) is 0 Å². The first-order valence-corrected chi connectivity index (χ1v) is 7.56. The van der Waals surface area contributed by atoms with Crippen LogP contribution in [0.3, 0.4) is 0 Å². The average Bonchev–Trinajstić information content (AvgIpc) is 3.05. The third-order valence-electron chi connectivity index (χ3n) is 3.48. The maximum atomic E-state index is 11.8. The number of pyridine rings is 1. The molecule has 1 fully saturated rings. The molecule has 1 saturated heterocycles. The topological polar surface area (TPSA) is 101 Å². The Morgan fingerprint density at radius 1 is 1.26 bits per heavy atom. The molecule has 2 aromatic rings. The van der Waals surface area contributed by atoms with Crippen molar-refractivity contribution >= 4 is 18.1 Å². The van der Waals surface area contributed by atoms with Gasteiger partial charge in [0.2, 0.25) is 0 Å². The quantitative estimate of drug-likeness (QED) is 0.625. The van der Waals surface area contributed by atoms with E-state index < -0.39 is 0 Å². The highest BCUT2D eigenvalue weighted by molar-refractivity contribution is 5.81. The van der Waals surface area contributed by atoms with Crippen molar-refractivity contribution in [1.82, 2.24) is 30.6 Å². The summed E-state index contributed by atoms with van der Waals surface area (Å²) in [4.78, 5) is 19.1. The zero-order valence-corrected chi connectivity index (χ0v) is 12.7. The van der Waals surface area contributed by atoms with Crippen LogP contribution in [0.4, 0.5) is 5.95 Å². The molecule has 0 unspecified atom stereocenters. The average molecular weight is 314 g/mol. The fourth-order valence-electron chi connectivity index (χ4n) is 2.31. The van der Waals surface area contributed by atoms with Gasteiger partial charge in [-0.05, 0) is 42.2 Å². The molecule has 0 aliphatic carbocycles. The molecule has 0 atom stereocenters. The number of aromatic nitrogens is 5. The second-order valence-corrected chi connectivity index (χ2v) is 5.24. The molecule has 0 bridgehead atoms. The number of rotatable bonds is 5. The number of nitrogens with one attached hydrogen (secondary N) is 1. The van der Waals surface area contributed by atoms with Crippen molar-refractivity contribution in [2.24, 2.45) is 5.10 Å². The van der Waals surface area contributed by atoms with Crippen LogP contribution in [0, 0.1) is 0 Å². The van der Waals surface area contributed by atoms with Crippen molar-refractivity contribution in [2.45, 2.75) is 25.8 Å². The van der Waals surface area contributed by atoms with Crippen molar-refractivity contribution in [3.63, 3.8) is 0 Å². The van der Waals surface area contributed by atoms with Crippen molar-refractivity contribution in [2.75, 3.05) is 18.0 Å². The molecule has 9 heteroatoms. The van der Waals surface area contributed by atoms with E-state index in [1.54, 1.807) is 30.7 Å². The normalized spacial score (nSPS) is 15.0. The van der Waals surface area contributed by atoms with Gasteiger partial charge < -0.3 is 4.90 Å². The van der Waals surface area contributed by atoms with Crippen molar-refractivity contribution in [1.29, 1.82) is 0 Å². The minimum atomic E-state index is -0.307. The Hall–Kier alpha value is -2.84. The fraction of sp³-hybridized carbons (Fsp3) is 0.429. The number of amides is 1. The molecule has 3 rings (SSSR count). The number of hydrogen-bond acceptors (Lipinski definition) is 7. The van der Waals surface area contributed by atoms with Gasteiger partial charge >= 0.3 is 0 Å². The minimum absolute atomic E-state index is 0.0193. The van der Waals surface area contributed by atoms with E-state index in [4.69, 9.17) is 0 Å². The molecule has 0 saturated carbocycles. The number of nitrogens with zero attached hydrogens (tertiary/aromatic N) is 7. The smallest absolute Gasteiger partial charge is 0.266 e. The molecular formula is C14H18N8O. The first kappa shape index (κ1) is 15.1. The standard InChI is InChI=1S/C14H18N8O/c23-13(17-16-10-12-4-6-15-7-5-12)11-22-19-14(18-20-22)21-8-2-1-3-9-21/h4-7,10H,1-3,8-9,11H2,(H,17,23)/b16-10+. The van der Waals surface area contributed by atoms with E-state index in [9.17, 15) is 4.79 Å². The fourth-order valence-corrected chi connectivity index (χ4v) is 2.31. The summed E-state index contributed by atoms with van der Waals surface area (Å²) in [5, 5.41) is 16.0. The predicted molar refractivity (Wildman–Crippen MR) is 83.9 cm³/mol. The Bertz CT molecular complexity index is 662. The Balaban J connectivity index is 1.50. The number of carbonyl (C=O) groups is 1. The van der Waals surface area contributed by atoms with Crippen LogP contribution in [-0.4, -0.2) is 50.4 Å². The molecule has 1 aliphatic rings. The van der Waals surface area contributed by atoms with Crippen LogP contribution in [-0.2, 0) is 11.3 Å². The van der Waals surface area contributed by atoms with E-state index in [1.807, 2.05) is 0 Å². The van der Waals surface area contributed by atoms with Gasteiger partial charge in [0, 0.05) is 25.5 Å². The maximum absolute atomic E-state index is 11.8. The number of hydrogen-bond donors (Lipinski definition) is 1. The lowest BCUT2D eigenvalue weighted by Gasteiger charge is -2.24. The second kappa shape index (κ2) is 7.43. The molecular weight excluding hydrogens is 296 g/mol. The number of anilines is 1. The van der Waals surface area contributed by atoms with Crippen molar-refractivity contribution in [3.05, 3.63) is 30.1 Å². The molecule has 0 aromatic carbocycles. The van der Waals surface area contributed by atoms with Gasteiger partial charge in [-0.1, -0.05) is 5.10 Å². The Morgan fingerprint density at radius 2 is 2.04 bits per heavy atom. The molecule has 1 amide bonds. The predicted octanol–water partition coefficient (Wildman–Crippen LogP) is 0.209. The summed E-state index contributed by atoms with van der Waals surface area (Å²) >= 11 is 0. The highest BCUT2D eigenvalue weighted by atomic mass is 16.2. The largest absolute Gasteiger partial charge is 0.338 e. The SMILES string of the molecule is O=C(Cn1nnc(N2CCCCC2)n1)N/N=C/c1ccncc1. The number of tetrazole rings is 1. The summed E-state index contributed by atoms with van der Waals surface area (Å²) in [5.74, 6) is 0.274. The Labute approximate surface area is 133 Å². The Kier molecular flexibility index (Phi) is 4.87. The molecule has 1 aliphatic heterocycles. The summed E-state index contributed by atoms with van der Waals surface area (Å²) in [6.07, 6.45) is 8.38. The van der Waals surface area contributed by atoms with Crippen LogP contribution in [0.25, 0.3) is 0 Å². The number of carbonyl (C=O) groups excluding carboxylic acids is 1. The molecule has 1 N–H and O–H groups in total.